The Kier molecular flexibility index (Phi) is 9.03. The first-order valence-electron chi connectivity index (χ1n) is 14.8. The second kappa shape index (κ2) is 12.6. The van der Waals surface area contributed by atoms with E-state index in [1.54, 1.807) is 31.2 Å². The Bertz CT molecular complexity index is 1730. The summed E-state index contributed by atoms with van der Waals surface area (Å²) in [4.78, 5) is 13.4. The molecule has 5 rings (SSSR count). The lowest BCUT2D eigenvalue weighted by molar-refractivity contribution is -0.137. The molecule has 0 aliphatic carbocycles. The number of hydrogen-bond donors (Lipinski definition) is 2. The normalized spacial score (nSPS) is 13.8. The Hall–Kier alpha value is -4.24. The molecule has 5 aromatic carbocycles. The van der Waals surface area contributed by atoms with Gasteiger partial charge in [0.1, 0.15) is 0 Å². The quantitative estimate of drug-likeness (QED) is 0.138. The minimum absolute atomic E-state index is 0.358. The van der Waals surface area contributed by atoms with Crippen LogP contribution < -0.4 is 15.7 Å². The Labute approximate surface area is 262 Å². The molecule has 0 fully saturated rings. The summed E-state index contributed by atoms with van der Waals surface area (Å²) in [5.41, 5.74) is 1.08. The van der Waals surface area contributed by atoms with Gasteiger partial charge in [0.15, 0.2) is 6.29 Å². The predicted molar refractivity (Wildman–Crippen MR) is 176 cm³/mol. The van der Waals surface area contributed by atoms with Crippen LogP contribution in [0.3, 0.4) is 0 Å². The van der Waals surface area contributed by atoms with Crippen LogP contribution >= 0.6 is 0 Å². The van der Waals surface area contributed by atoms with Crippen LogP contribution in [-0.4, -0.2) is 31.7 Å². The molecular weight excluding hydrogens is 591 g/mol. The van der Waals surface area contributed by atoms with E-state index < -0.39 is 32.4 Å². The molecule has 0 saturated heterocycles. The number of halogens is 3. The van der Waals surface area contributed by atoms with Crippen molar-refractivity contribution in [3.05, 3.63) is 132 Å². The molecule has 0 saturated carbocycles. The zero-order valence-corrected chi connectivity index (χ0v) is 26.6. The standard InChI is InChI=1S/C37H36F3NO3Si/c1-25(35(43)44-45(36(2,3)4,30-13-7-5-8-14-30)31-15-9-6-10-16-31)41-34(42)28-20-23-33-27(24-28)12-11-17-32(33)26-18-21-29(22-19-26)37(38,39)40/h5-25,35,43H,1-4H3,(H,41,42)/t25?,35-/m0/s1. The summed E-state index contributed by atoms with van der Waals surface area (Å²) in [7, 11) is -3.06. The van der Waals surface area contributed by atoms with Crippen molar-refractivity contribution in [1.29, 1.82) is 0 Å². The Balaban J connectivity index is 1.39. The van der Waals surface area contributed by atoms with Crippen LogP contribution in [0, 0.1) is 0 Å². The average Bonchev–Trinajstić information content (AvgIpc) is 3.02. The zero-order valence-electron chi connectivity index (χ0n) is 25.6. The molecule has 0 heterocycles. The number of rotatable bonds is 8. The third kappa shape index (κ3) is 6.59. The van der Waals surface area contributed by atoms with Gasteiger partial charge in [0.2, 0.25) is 0 Å². The van der Waals surface area contributed by atoms with Crippen molar-refractivity contribution < 1.29 is 27.5 Å². The molecule has 0 radical (unpaired) electrons. The number of hydrogen-bond acceptors (Lipinski definition) is 3. The second-order valence-corrected chi connectivity index (χ2v) is 16.5. The molecule has 5 aromatic rings. The van der Waals surface area contributed by atoms with Gasteiger partial charge in [0.25, 0.3) is 14.2 Å². The summed E-state index contributed by atoms with van der Waals surface area (Å²) in [6.45, 7) is 8.06. The van der Waals surface area contributed by atoms with Crippen molar-refractivity contribution in [3.8, 4) is 11.1 Å². The van der Waals surface area contributed by atoms with Gasteiger partial charge in [-0.25, -0.2) is 0 Å². The van der Waals surface area contributed by atoms with Gasteiger partial charge in [-0.3, -0.25) is 4.79 Å². The fourth-order valence-corrected chi connectivity index (χ4v) is 10.4. The largest absolute Gasteiger partial charge is 0.416 e. The lowest BCUT2D eigenvalue weighted by Gasteiger charge is -2.45. The summed E-state index contributed by atoms with van der Waals surface area (Å²) >= 11 is 0. The molecule has 0 aliphatic heterocycles. The van der Waals surface area contributed by atoms with Gasteiger partial charge in [-0.1, -0.05) is 118 Å². The van der Waals surface area contributed by atoms with Crippen LogP contribution in [0.15, 0.2) is 121 Å². The Morgan fingerprint density at radius 3 is 1.89 bits per heavy atom. The SMILES string of the molecule is CC(NC(=O)c1ccc2c(-c3ccc(C(F)(F)F)cc3)cccc2c1)[C@@H](O)O[Si](c1ccccc1)(c1ccccc1)C(C)(C)C. The lowest BCUT2D eigenvalue weighted by atomic mass is 9.96. The Morgan fingerprint density at radius 1 is 0.778 bits per heavy atom. The molecule has 2 atom stereocenters. The minimum Gasteiger partial charge on any atom is -0.381 e. The van der Waals surface area contributed by atoms with Gasteiger partial charge in [-0.15, -0.1) is 0 Å². The number of benzene rings is 5. The van der Waals surface area contributed by atoms with E-state index in [0.29, 0.717) is 11.1 Å². The smallest absolute Gasteiger partial charge is 0.381 e. The van der Waals surface area contributed by atoms with Gasteiger partial charge in [-0.05, 0) is 68.5 Å². The van der Waals surface area contributed by atoms with E-state index in [1.807, 2.05) is 72.8 Å². The summed E-state index contributed by atoms with van der Waals surface area (Å²) < 4.78 is 45.9. The van der Waals surface area contributed by atoms with E-state index >= 15 is 0 Å². The molecule has 8 heteroatoms. The molecule has 0 spiro atoms. The predicted octanol–water partition coefficient (Wildman–Crippen LogP) is 7.54. The summed E-state index contributed by atoms with van der Waals surface area (Å²) in [5.74, 6) is -0.380. The van der Waals surface area contributed by atoms with Crippen LogP contribution in [-0.2, 0) is 10.6 Å². The van der Waals surface area contributed by atoms with Gasteiger partial charge < -0.3 is 14.8 Å². The van der Waals surface area contributed by atoms with Crippen LogP contribution in [0.25, 0.3) is 21.9 Å². The number of alkyl halides is 3. The molecule has 45 heavy (non-hydrogen) atoms. The molecular formula is C37H36F3NO3Si. The topological polar surface area (TPSA) is 58.6 Å². The van der Waals surface area contributed by atoms with Crippen molar-refractivity contribution in [3.63, 3.8) is 0 Å². The maximum Gasteiger partial charge on any atom is 0.416 e. The van der Waals surface area contributed by atoms with E-state index in [1.165, 1.54) is 12.1 Å². The number of carbonyl (C=O) groups excluding carboxylic acids is 1. The van der Waals surface area contributed by atoms with E-state index in [4.69, 9.17) is 4.43 Å². The molecule has 0 bridgehead atoms. The maximum absolute atomic E-state index is 13.4. The fraction of sp³-hybridized carbons (Fsp3) is 0.216. The molecule has 4 nitrogen and oxygen atoms in total. The first kappa shape index (κ1) is 32.2. The fourth-order valence-electron chi connectivity index (χ4n) is 5.85. The first-order valence-corrected chi connectivity index (χ1v) is 16.7. The zero-order chi connectivity index (χ0) is 32.4. The number of fused-ring (bicyclic) bond motifs is 1. The van der Waals surface area contributed by atoms with Crippen molar-refractivity contribution in [1.82, 2.24) is 5.32 Å². The van der Waals surface area contributed by atoms with E-state index in [9.17, 15) is 23.1 Å². The summed E-state index contributed by atoms with van der Waals surface area (Å²) in [5, 5.41) is 17.6. The molecule has 0 aliphatic rings. The van der Waals surface area contributed by atoms with Crippen LogP contribution in [0.1, 0.15) is 43.6 Å². The highest BCUT2D eigenvalue weighted by molar-refractivity contribution is 6.99. The number of amides is 1. The van der Waals surface area contributed by atoms with E-state index in [0.717, 1.165) is 38.8 Å². The van der Waals surface area contributed by atoms with Crippen LogP contribution in [0.5, 0.6) is 0 Å². The van der Waals surface area contributed by atoms with E-state index in [2.05, 4.69) is 26.1 Å². The summed E-state index contributed by atoms with van der Waals surface area (Å²) in [6.07, 6.45) is -5.71. The molecule has 2 N–H and O–H groups in total. The number of nitrogens with one attached hydrogen (secondary N) is 1. The third-order valence-corrected chi connectivity index (χ3v) is 13.2. The van der Waals surface area contributed by atoms with Gasteiger partial charge in [0, 0.05) is 5.56 Å². The van der Waals surface area contributed by atoms with Crippen LogP contribution in [0.4, 0.5) is 13.2 Å². The maximum atomic E-state index is 13.4. The minimum atomic E-state index is -4.41. The van der Waals surface area contributed by atoms with E-state index in [-0.39, 0.29) is 10.9 Å². The average molecular weight is 628 g/mol. The van der Waals surface area contributed by atoms with Gasteiger partial charge >= 0.3 is 6.18 Å². The Morgan fingerprint density at radius 2 is 1.36 bits per heavy atom. The van der Waals surface area contributed by atoms with Crippen LogP contribution in [0.2, 0.25) is 5.04 Å². The molecule has 1 amide bonds. The highest BCUT2D eigenvalue weighted by atomic mass is 28.4. The van der Waals surface area contributed by atoms with Gasteiger partial charge in [0.05, 0.1) is 11.6 Å². The number of carbonyl (C=O) groups is 1. The monoisotopic (exact) mass is 627 g/mol. The van der Waals surface area contributed by atoms with Crippen molar-refractivity contribution >= 4 is 35.4 Å². The van der Waals surface area contributed by atoms with Gasteiger partial charge in [-0.2, -0.15) is 13.2 Å². The lowest BCUT2D eigenvalue weighted by Crippen LogP contribution is -2.69. The number of aliphatic hydroxyl groups is 1. The molecule has 0 aromatic heterocycles. The highest BCUT2D eigenvalue weighted by Gasteiger charge is 2.52. The van der Waals surface area contributed by atoms with Crippen molar-refractivity contribution in [2.24, 2.45) is 0 Å². The van der Waals surface area contributed by atoms with Crippen molar-refractivity contribution in [2.75, 3.05) is 0 Å². The van der Waals surface area contributed by atoms with Crippen molar-refractivity contribution in [2.45, 2.75) is 51.2 Å². The second-order valence-electron chi connectivity index (χ2n) is 12.3. The summed E-state index contributed by atoms with van der Waals surface area (Å²) in [6, 6.07) is 34.9. The molecule has 1 unspecified atom stereocenters. The first-order chi connectivity index (χ1) is 21.3. The highest BCUT2D eigenvalue weighted by Crippen LogP contribution is 2.38. The number of aliphatic hydroxyl groups excluding tert-OH is 1. The third-order valence-electron chi connectivity index (χ3n) is 8.17. The molecule has 232 valence electrons.